The Bertz CT molecular complexity index is 644. The van der Waals surface area contributed by atoms with Crippen molar-refractivity contribution in [3.8, 4) is 0 Å². The van der Waals surface area contributed by atoms with Crippen molar-refractivity contribution in [1.82, 2.24) is 15.0 Å². The molecule has 0 aliphatic heterocycles. The highest BCUT2D eigenvalue weighted by Crippen LogP contribution is 2.35. The molecular weight excluding hydrogens is 274 g/mol. The number of pyridine rings is 1. The molecule has 0 unspecified atom stereocenters. The Kier molecular flexibility index (Phi) is 4.07. The maximum absolute atomic E-state index is 5.87. The summed E-state index contributed by atoms with van der Waals surface area (Å²) in [5, 5.41) is 0. The van der Waals surface area contributed by atoms with E-state index >= 15 is 0 Å². The highest BCUT2D eigenvalue weighted by molar-refractivity contribution is 5.40. The molecule has 116 valence electrons. The number of aromatic nitrogens is 3. The lowest BCUT2D eigenvalue weighted by atomic mass is 9.78. The fourth-order valence-corrected chi connectivity index (χ4v) is 3.03. The van der Waals surface area contributed by atoms with Crippen molar-refractivity contribution in [2.24, 2.45) is 5.73 Å². The summed E-state index contributed by atoms with van der Waals surface area (Å²) in [5.74, 6) is 1.43. The van der Waals surface area contributed by atoms with Gasteiger partial charge in [-0.05, 0) is 44.4 Å². The summed E-state index contributed by atoms with van der Waals surface area (Å²) in [6, 6.07) is 6.63. The Morgan fingerprint density at radius 3 is 2.64 bits per heavy atom. The zero-order valence-corrected chi connectivity index (χ0v) is 13.5. The van der Waals surface area contributed by atoms with E-state index in [-0.39, 0.29) is 0 Å². The lowest BCUT2D eigenvalue weighted by molar-refractivity contribution is 0.345. The summed E-state index contributed by atoms with van der Waals surface area (Å²) in [4.78, 5) is 15.5. The van der Waals surface area contributed by atoms with Crippen molar-refractivity contribution in [2.75, 3.05) is 11.9 Å². The first-order valence-corrected chi connectivity index (χ1v) is 7.74. The number of anilines is 1. The van der Waals surface area contributed by atoms with Crippen LogP contribution in [-0.2, 0) is 6.54 Å². The number of nitrogens with two attached hydrogens (primary N) is 1. The van der Waals surface area contributed by atoms with Crippen LogP contribution in [0.3, 0.4) is 0 Å². The van der Waals surface area contributed by atoms with Gasteiger partial charge in [-0.15, -0.1) is 0 Å². The summed E-state index contributed by atoms with van der Waals surface area (Å²) in [6.45, 7) is 4.86. The Hall–Kier alpha value is -2.01. The Morgan fingerprint density at radius 1 is 1.18 bits per heavy atom. The number of hydrogen-bond acceptors (Lipinski definition) is 5. The van der Waals surface area contributed by atoms with Crippen LogP contribution in [0.25, 0.3) is 0 Å². The molecule has 1 aliphatic carbocycles. The first-order valence-electron chi connectivity index (χ1n) is 7.74. The van der Waals surface area contributed by atoms with E-state index in [4.69, 9.17) is 5.73 Å². The van der Waals surface area contributed by atoms with E-state index in [1.54, 1.807) is 6.33 Å². The monoisotopic (exact) mass is 297 g/mol. The third-order valence-electron chi connectivity index (χ3n) is 4.21. The molecule has 2 heterocycles. The van der Waals surface area contributed by atoms with Crippen molar-refractivity contribution < 1.29 is 0 Å². The van der Waals surface area contributed by atoms with Gasteiger partial charge in [-0.1, -0.05) is 0 Å². The van der Waals surface area contributed by atoms with Crippen LogP contribution >= 0.6 is 0 Å². The predicted molar refractivity (Wildman–Crippen MR) is 87.8 cm³/mol. The van der Waals surface area contributed by atoms with Crippen molar-refractivity contribution >= 4 is 5.82 Å². The van der Waals surface area contributed by atoms with Gasteiger partial charge in [0, 0.05) is 36.5 Å². The third-order valence-corrected chi connectivity index (χ3v) is 4.21. The molecule has 1 aliphatic rings. The molecule has 0 bridgehead atoms. The van der Waals surface area contributed by atoms with E-state index < -0.39 is 0 Å². The van der Waals surface area contributed by atoms with Gasteiger partial charge in [0.2, 0.25) is 0 Å². The van der Waals surface area contributed by atoms with Gasteiger partial charge in [0.1, 0.15) is 12.1 Å². The average Bonchev–Trinajstić information content (AvgIpc) is 2.43. The molecule has 3 rings (SSSR count). The van der Waals surface area contributed by atoms with Gasteiger partial charge in [0.25, 0.3) is 0 Å². The molecular formula is C17H23N5. The van der Waals surface area contributed by atoms with Crippen LogP contribution in [0.1, 0.15) is 41.4 Å². The minimum absolute atomic E-state index is 0.334. The Morgan fingerprint density at radius 2 is 1.95 bits per heavy atom. The van der Waals surface area contributed by atoms with Crippen LogP contribution in [0.15, 0.2) is 24.5 Å². The molecule has 0 atom stereocenters. The van der Waals surface area contributed by atoms with Crippen molar-refractivity contribution in [1.29, 1.82) is 0 Å². The van der Waals surface area contributed by atoms with Crippen molar-refractivity contribution in [2.45, 2.75) is 45.2 Å². The Balaban J connectivity index is 1.74. The van der Waals surface area contributed by atoms with E-state index in [1.807, 2.05) is 14.0 Å². The molecule has 2 aromatic heterocycles. The predicted octanol–water partition coefficient (Wildman–Crippen LogP) is 2.33. The van der Waals surface area contributed by atoms with Crippen LogP contribution in [0, 0.1) is 13.8 Å². The molecule has 5 heteroatoms. The van der Waals surface area contributed by atoms with E-state index in [0.717, 1.165) is 42.3 Å². The summed E-state index contributed by atoms with van der Waals surface area (Å²) >= 11 is 0. The van der Waals surface area contributed by atoms with E-state index in [9.17, 15) is 0 Å². The minimum Gasteiger partial charge on any atom is -0.354 e. The molecule has 1 saturated carbocycles. The van der Waals surface area contributed by atoms with Crippen LogP contribution in [0.5, 0.6) is 0 Å². The smallest absolute Gasteiger partial charge is 0.132 e. The maximum Gasteiger partial charge on any atom is 0.132 e. The molecule has 0 amide bonds. The van der Waals surface area contributed by atoms with Gasteiger partial charge in [0.15, 0.2) is 0 Å². The molecule has 0 spiro atoms. The second kappa shape index (κ2) is 6.01. The standard InChI is InChI=1S/C17H23N5/c1-11-4-12(2)21-15(5-11)9-22(3)17-8-16(19-10-20-17)13-6-14(18)7-13/h4-5,8,10,13-14H,6-7,9,18H2,1-3H3. The molecule has 5 nitrogen and oxygen atoms in total. The third kappa shape index (κ3) is 3.25. The normalized spacial score (nSPS) is 20.5. The number of aryl methyl sites for hydroxylation is 2. The maximum atomic E-state index is 5.87. The SMILES string of the molecule is Cc1cc(C)nc(CN(C)c2cc(C3CC(N)C3)ncn2)c1. The number of hydrogen-bond donors (Lipinski definition) is 1. The fourth-order valence-electron chi connectivity index (χ4n) is 3.03. The van der Waals surface area contributed by atoms with Gasteiger partial charge in [-0.2, -0.15) is 0 Å². The second-order valence-electron chi connectivity index (χ2n) is 6.36. The van der Waals surface area contributed by atoms with Crippen LogP contribution in [-0.4, -0.2) is 28.0 Å². The van der Waals surface area contributed by atoms with Crippen LogP contribution < -0.4 is 10.6 Å². The minimum atomic E-state index is 0.334. The lowest BCUT2D eigenvalue weighted by Crippen LogP contribution is -2.35. The first kappa shape index (κ1) is 14.9. The van der Waals surface area contributed by atoms with Gasteiger partial charge in [-0.25, -0.2) is 9.97 Å². The highest BCUT2D eigenvalue weighted by atomic mass is 15.2. The summed E-state index contributed by atoms with van der Waals surface area (Å²) in [7, 11) is 2.04. The topological polar surface area (TPSA) is 67.9 Å². The van der Waals surface area contributed by atoms with Crippen LogP contribution in [0.4, 0.5) is 5.82 Å². The van der Waals surface area contributed by atoms with Gasteiger partial charge in [-0.3, -0.25) is 4.98 Å². The molecule has 0 saturated heterocycles. The largest absolute Gasteiger partial charge is 0.354 e. The summed E-state index contributed by atoms with van der Waals surface area (Å²) < 4.78 is 0. The number of rotatable bonds is 4. The molecule has 0 aromatic carbocycles. The average molecular weight is 297 g/mol. The fraction of sp³-hybridized carbons (Fsp3) is 0.471. The van der Waals surface area contributed by atoms with Crippen molar-refractivity contribution in [3.05, 3.63) is 47.2 Å². The number of nitrogens with zero attached hydrogens (tertiary/aromatic N) is 4. The quantitative estimate of drug-likeness (QED) is 0.938. The van der Waals surface area contributed by atoms with Gasteiger partial charge in [0.05, 0.1) is 12.2 Å². The van der Waals surface area contributed by atoms with E-state index in [2.05, 4.69) is 45.0 Å². The highest BCUT2D eigenvalue weighted by Gasteiger charge is 2.28. The van der Waals surface area contributed by atoms with Crippen LogP contribution in [0.2, 0.25) is 0 Å². The second-order valence-corrected chi connectivity index (χ2v) is 6.36. The zero-order valence-electron chi connectivity index (χ0n) is 13.5. The van der Waals surface area contributed by atoms with E-state index in [0.29, 0.717) is 12.0 Å². The molecule has 22 heavy (non-hydrogen) atoms. The molecule has 0 radical (unpaired) electrons. The first-order chi connectivity index (χ1) is 10.5. The van der Waals surface area contributed by atoms with E-state index in [1.165, 1.54) is 5.56 Å². The van der Waals surface area contributed by atoms with Gasteiger partial charge < -0.3 is 10.6 Å². The van der Waals surface area contributed by atoms with Gasteiger partial charge >= 0.3 is 0 Å². The summed E-state index contributed by atoms with van der Waals surface area (Å²) in [5.41, 5.74) is 10.3. The molecule has 1 fully saturated rings. The molecule has 2 aromatic rings. The Labute approximate surface area is 131 Å². The van der Waals surface area contributed by atoms with Crippen molar-refractivity contribution in [3.63, 3.8) is 0 Å². The summed E-state index contributed by atoms with van der Waals surface area (Å²) in [6.07, 6.45) is 3.71. The molecule has 2 N–H and O–H groups in total. The lowest BCUT2D eigenvalue weighted by Gasteiger charge is -2.32. The zero-order chi connectivity index (χ0) is 15.7.